The Morgan fingerprint density at radius 2 is 1.74 bits per heavy atom. The van der Waals surface area contributed by atoms with Gasteiger partial charge in [0.15, 0.2) is 5.65 Å². The molecule has 0 aliphatic carbocycles. The maximum absolute atomic E-state index is 12.5. The number of benzene rings is 2. The van der Waals surface area contributed by atoms with Crippen LogP contribution in [0.1, 0.15) is 32.0 Å². The molecule has 0 aliphatic heterocycles. The van der Waals surface area contributed by atoms with Gasteiger partial charge in [0.2, 0.25) is 0 Å². The molecule has 0 unspecified atom stereocenters. The number of carbonyl (C=O) groups excluding carboxylic acids is 2. The maximum atomic E-state index is 12.5. The van der Waals surface area contributed by atoms with E-state index in [9.17, 15) is 9.59 Å². The van der Waals surface area contributed by atoms with Crippen molar-refractivity contribution >= 4 is 29.1 Å². The zero-order valence-corrected chi connectivity index (χ0v) is 17.3. The lowest BCUT2D eigenvalue weighted by Gasteiger charge is -2.09. The van der Waals surface area contributed by atoms with E-state index in [0.29, 0.717) is 39.8 Å². The average molecular weight is 436 g/mol. The molecule has 2 N–H and O–H groups in total. The van der Waals surface area contributed by atoms with E-state index in [1.54, 1.807) is 73.9 Å². The third kappa shape index (κ3) is 4.65. The Bertz CT molecular complexity index is 1240. The lowest BCUT2D eigenvalue weighted by molar-refractivity contribution is 0.0847. The number of aryl methyl sites for hydroxylation is 1. The van der Waals surface area contributed by atoms with Gasteiger partial charge in [-0.2, -0.15) is 5.10 Å². The smallest absolute Gasteiger partial charge is 0.275 e. The fourth-order valence-electron chi connectivity index (χ4n) is 2.96. The number of hydrogen-bond acceptors (Lipinski definition) is 5. The Kier molecular flexibility index (Phi) is 5.81. The van der Waals surface area contributed by atoms with E-state index < -0.39 is 11.8 Å². The standard InChI is InChI=1S/C22H18ClN5O3/c1-14-19(20-24-11-2-12-28(20)27-14)22(30)26-25-21(29)16-5-3-15(4-6-16)13-31-18-9-7-17(23)8-10-18/h2-12H,13H2,1H3,(H,25,29)(H,26,30). The zero-order chi connectivity index (χ0) is 21.8. The molecule has 0 spiro atoms. The van der Waals surface area contributed by atoms with Crippen LogP contribution < -0.4 is 15.6 Å². The summed E-state index contributed by atoms with van der Waals surface area (Å²) in [7, 11) is 0. The molecule has 8 nitrogen and oxygen atoms in total. The predicted octanol–water partition coefficient (Wildman–Crippen LogP) is 3.34. The first-order valence-corrected chi connectivity index (χ1v) is 9.77. The predicted molar refractivity (Wildman–Crippen MR) is 115 cm³/mol. The number of fused-ring (bicyclic) bond motifs is 1. The Morgan fingerprint density at radius 1 is 1.03 bits per heavy atom. The molecule has 2 amide bonds. The van der Waals surface area contributed by atoms with Gasteiger partial charge in [-0.1, -0.05) is 23.7 Å². The normalized spacial score (nSPS) is 10.6. The lowest BCUT2D eigenvalue weighted by Crippen LogP contribution is -2.41. The first-order chi connectivity index (χ1) is 15.0. The van der Waals surface area contributed by atoms with E-state index in [4.69, 9.17) is 16.3 Å². The van der Waals surface area contributed by atoms with Gasteiger partial charge < -0.3 is 4.74 Å². The molecule has 0 bridgehead atoms. The molecular formula is C22H18ClN5O3. The zero-order valence-electron chi connectivity index (χ0n) is 16.5. The van der Waals surface area contributed by atoms with Crippen molar-refractivity contribution in [1.82, 2.24) is 25.4 Å². The van der Waals surface area contributed by atoms with Gasteiger partial charge >= 0.3 is 0 Å². The van der Waals surface area contributed by atoms with E-state index in [1.807, 2.05) is 0 Å². The molecule has 156 valence electrons. The molecule has 0 saturated heterocycles. The minimum Gasteiger partial charge on any atom is -0.489 e. The minimum atomic E-state index is -0.493. The summed E-state index contributed by atoms with van der Waals surface area (Å²) in [6.45, 7) is 2.05. The molecular weight excluding hydrogens is 418 g/mol. The number of ether oxygens (including phenoxy) is 1. The van der Waals surface area contributed by atoms with Crippen LogP contribution in [-0.2, 0) is 6.61 Å². The molecule has 4 aromatic rings. The highest BCUT2D eigenvalue weighted by Gasteiger charge is 2.18. The monoisotopic (exact) mass is 435 g/mol. The fourth-order valence-corrected chi connectivity index (χ4v) is 3.09. The molecule has 0 aliphatic rings. The highest BCUT2D eigenvalue weighted by Crippen LogP contribution is 2.17. The van der Waals surface area contributed by atoms with Gasteiger partial charge in [0.1, 0.15) is 17.9 Å². The number of nitrogens with zero attached hydrogens (tertiary/aromatic N) is 3. The van der Waals surface area contributed by atoms with Crippen LogP contribution in [0.2, 0.25) is 5.02 Å². The Labute approximate surface area is 182 Å². The first kappa shape index (κ1) is 20.4. The molecule has 0 atom stereocenters. The Morgan fingerprint density at radius 3 is 2.48 bits per heavy atom. The second-order valence-electron chi connectivity index (χ2n) is 6.70. The van der Waals surface area contributed by atoms with Crippen LogP contribution in [0.25, 0.3) is 5.65 Å². The topological polar surface area (TPSA) is 97.6 Å². The third-order valence-electron chi connectivity index (χ3n) is 4.52. The molecule has 4 rings (SSSR count). The number of hydrogen-bond donors (Lipinski definition) is 2. The van der Waals surface area contributed by atoms with Crippen molar-refractivity contribution in [3.63, 3.8) is 0 Å². The third-order valence-corrected chi connectivity index (χ3v) is 4.77. The van der Waals surface area contributed by atoms with Crippen LogP contribution >= 0.6 is 11.6 Å². The second-order valence-corrected chi connectivity index (χ2v) is 7.13. The van der Waals surface area contributed by atoms with Crippen molar-refractivity contribution in [3.05, 3.63) is 94.4 Å². The highest BCUT2D eigenvalue weighted by molar-refractivity contribution is 6.30. The van der Waals surface area contributed by atoms with Gasteiger partial charge in [-0.05, 0) is 55.0 Å². The summed E-state index contributed by atoms with van der Waals surface area (Å²) in [4.78, 5) is 29.1. The summed E-state index contributed by atoms with van der Waals surface area (Å²) in [6.07, 6.45) is 3.27. The number of hydrazine groups is 1. The van der Waals surface area contributed by atoms with Crippen LogP contribution in [0.4, 0.5) is 0 Å². The van der Waals surface area contributed by atoms with E-state index in [-0.39, 0.29) is 0 Å². The molecule has 2 heterocycles. The quantitative estimate of drug-likeness (QED) is 0.468. The van der Waals surface area contributed by atoms with E-state index in [2.05, 4.69) is 20.9 Å². The van der Waals surface area contributed by atoms with Crippen LogP contribution in [0, 0.1) is 6.92 Å². The van der Waals surface area contributed by atoms with Gasteiger partial charge in [0, 0.05) is 23.0 Å². The molecule has 2 aromatic heterocycles. The molecule has 0 fully saturated rings. The molecule has 2 aromatic carbocycles. The van der Waals surface area contributed by atoms with Crippen LogP contribution in [0.15, 0.2) is 67.0 Å². The number of rotatable bonds is 5. The molecule has 0 saturated carbocycles. The first-order valence-electron chi connectivity index (χ1n) is 9.39. The number of amides is 2. The summed E-state index contributed by atoms with van der Waals surface area (Å²) in [6, 6.07) is 15.7. The number of carbonyl (C=O) groups is 2. The molecule has 31 heavy (non-hydrogen) atoms. The largest absolute Gasteiger partial charge is 0.489 e. The van der Waals surface area contributed by atoms with E-state index in [1.165, 1.54) is 4.52 Å². The van der Waals surface area contributed by atoms with Crippen molar-refractivity contribution in [2.45, 2.75) is 13.5 Å². The molecule has 0 radical (unpaired) electrons. The summed E-state index contributed by atoms with van der Waals surface area (Å²) in [5.41, 5.74) is 7.34. The number of halogens is 1. The van der Waals surface area contributed by atoms with Crippen LogP contribution in [-0.4, -0.2) is 26.4 Å². The van der Waals surface area contributed by atoms with Gasteiger partial charge in [0.05, 0.1) is 5.69 Å². The van der Waals surface area contributed by atoms with Gasteiger partial charge in [-0.25, -0.2) is 9.50 Å². The van der Waals surface area contributed by atoms with Crippen LogP contribution in [0.3, 0.4) is 0 Å². The minimum absolute atomic E-state index is 0.301. The summed E-state index contributed by atoms with van der Waals surface area (Å²) < 4.78 is 7.19. The second kappa shape index (κ2) is 8.85. The van der Waals surface area contributed by atoms with E-state index in [0.717, 1.165) is 5.56 Å². The van der Waals surface area contributed by atoms with Gasteiger partial charge in [0.25, 0.3) is 11.8 Å². The van der Waals surface area contributed by atoms with Crippen molar-refractivity contribution in [2.24, 2.45) is 0 Å². The van der Waals surface area contributed by atoms with Crippen molar-refractivity contribution in [3.8, 4) is 5.75 Å². The van der Waals surface area contributed by atoms with E-state index >= 15 is 0 Å². The number of aromatic nitrogens is 3. The summed E-state index contributed by atoms with van der Waals surface area (Å²) in [5, 5.41) is 4.88. The van der Waals surface area contributed by atoms with Crippen molar-refractivity contribution in [1.29, 1.82) is 0 Å². The van der Waals surface area contributed by atoms with Crippen LogP contribution in [0.5, 0.6) is 5.75 Å². The SMILES string of the molecule is Cc1nn2cccnc2c1C(=O)NNC(=O)c1ccc(COc2ccc(Cl)cc2)cc1. The molecule has 9 heteroatoms. The number of nitrogens with one attached hydrogen (secondary N) is 2. The van der Waals surface area contributed by atoms with Gasteiger partial charge in [-0.15, -0.1) is 0 Å². The maximum Gasteiger partial charge on any atom is 0.275 e. The Balaban J connectivity index is 1.34. The fraction of sp³-hybridized carbons (Fsp3) is 0.0909. The lowest BCUT2D eigenvalue weighted by atomic mass is 10.1. The highest BCUT2D eigenvalue weighted by atomic mass is 35.5. The average Bonchev–Trinajstić information content (AvgIpc) is 3.13. The Hall–Kier alpha value is -3.91. The summed E-state index contributed by atoms with van der Waals surface area (Å²) >= 11 is 5.86. The van der Waals surface area contributed by atoms with Crippen molar-refractivity contribution < 1.29 is 14.3 Å². The van der Waals surface area contributed by atoms with Crippen molar-refractivity contribution in [2.75, 3.05) is 0 Å². The van der Waals surface area contributed by atoms with Gasteiger partial charge in [-0.3, -0.25) is 20.4 Å². The summed E-state index contributed by atoms with van der Waals surface area (Å²) in [5.74, 6) is -0.237.